The van der Waals surface area contributed by atoms with Crippen molar-refractivity contribution in [3.05, 3.63) is 17.0 Å². The Hall–Kier alpha value is -0.900. The molecule has 19 heavy (non-hydrogen) atoms. The van der Waals surface area contributed by atoms with Crippen molar-refractivity contribution in [1.29, 1.82) is 5.26 Å². The summed E-state index contributed by atoms with van der Waals surface area (Å²) in [5.41, 5.74) is 0. The second-order valence-corrected chi connectivity index (χ2v) is 7.47. The first kappa shape index (κ1) is 16.2. The van der Waals surface area contributed by atoms with Crippen LogP contribution in [0.4, 0.5) is 0 Å². The highest BCUT2D eigenvalue weighted by Crippen LogP contribution is 2.20. The number of sulfonamides is 1. The summed E-state index contributed by atoms with van der Waals surface area (Å²) in [6, 6.07) is 4.95. The SMILES string of the molecule is CCCCCCCCNS(=O)(=O)c1ccc(C#N)s1. The van der Waals surface area contributed by atoms with Gasteiger partial charge < -0.3 is 0 Å². The lowest BCUT2D eigenvalue weighted by Crippen LogP contribution is -2.23. The van der Waals surface area contributed by atoms with Crippen LogP contribution in [-0.4, -0.2) is 15.0 Å². The van der Waals surface area contributed by atoms with Crippen LogP contribution in [-0.2, 0) is 10.0 Å². The molecule has 0 spiro atoms. The van der Waals surface area contributed by atoms with Crippen molar-refractivity contribution >= 4 is 21.4 Å². The third-order valence-corrected chi connectivity index (χ3v) is 5.72. The number of nitrogens with one attached hydrogen (secondary N) is 1. The summed E-state index contributed by atoms with van der Waals surface area (Å²) in [6.07, 6.45) is 6.76. The van der Waals surface area contributed by atoms with Crippen LogP contribution in [0, 0.1) is 11.3 Å². The van der Waals surface area contributed by atoms with Gasteiger partial charge in [0.25, 0.3) is 0 Å². The Kier molecular flexibility index (Phi) is 7.06. The van der Waals surface area contributed by atoms with Crippen LogP contribution >= 0.6 is 11.3 Å². The molecular formula is C13H20N2O2S2. The molecule has 0 unspecified atom stereocenters. The lowest BCUT2D eigenvalue weighted by molar-refractivity contribution is 0.569. The van der Waals surface area contributed by atoms with Crippen LogP contribution in [0.2, 0.25) is 0 Å². The predicted octanol–water partition coefficient (Wildman–Crippen LogP) is 3.26. The summed E-state index contributed by atoms with van der Waals surface area (Å²) in [6.45, 7) is 2.64. The molecule has 1 heterocycles. The summed E-state index contributed by atoms with van der Waals surface area (Å²) in [5.74, 6) is 0. The van der Waals surface area contributed by atoms with Crippen LogP contribution in [0.3, 0.4) is 0 Å². The molecule has 0 saturated heterocycles. The van der Waals surface area contributed by atoms with E-state index in [4.69, 9.17) is 5.26 Å². The van der Waals surface area contributed by atoms with Gasteiger partial charge in [-0.25, -0.2) is 13.1 Å². The van der Waals surface area contributed by atoms with Crippen molar-refractivity contribution in [2.24, 2.45) is 0 Å². The summed E-state index contributed by atoms with van der Waals surface area (Å²) in [7, 11) is -3.43. The van der Waals surface area contributed by atoms with E-state index in [0.29, 0.717) is 11.4 Å². The fourth-order valence-electron chi connectivity index (χ4n) is 1.71. The van der Waals surface area contributed by atoms with Gasteiger partial charge in [-0.3, -0.25) is 0 Å². The molecule has 6 heteroatoms. The number of thiophene rings is 1. The topological polar surface area (TPSA) is 70.0 Å². The zero-order valence-electron chi connectivity index (χ0n) is 11.2. The van der Waals surface area contributed by atoms with E-state index in [2.05, 4.69) is 11.6 Å². The smallest absolute Gasteiger partial charge is 0.210 e. The summed E-state index contributed by atoms with van der Waals surface area (Å²) < 4.78 is 26.6. The molecule has 1 aromatic rings. The molecule has 0 aliphatic heterocycles. The van der Waals surface area contributed by atoms with Crippen LogP contribution in [0.15, 0.2) is 16.3 Å². The van der Waals surface area contributed by atoms with E-state index in [1.807, 2.05) is 6.07 Å². The third kappa shape index (κ3) is 5.72. The van der Waals surface area contributed by atoms with Crippen molar-refractivity contribution < 1.29 is 8.42 Å². The molecule has 0 bridgehead atoms. The van der Waals surface area contributed by atoms with E-state index in [1.165, 1.54) is 31.4 Å². The average Bonchev–Trinajstić information content (AvgIpc) is 2.87. The predicted molar refractivity (Wildman–Crippen MR) is 77.6 cm³/mol. The largest absolute Gasteiger partial charge is 0.250 e. The first-order valence-electron chi connectivity index (χ1n) is 6.59. The zero-order valence-corrected chi connectivity index (χ0v) is 12.8. The standard InChI is InChI=1S/C13H20N2O2S2/c1-2-3-4-5-6-7-10-15-19(16,17)13-9-8-12(11-14)18-13/h8-9,15H,2-7,10H2,1H3. The maximum absolute atomic E-state index is 11.9. The molecule has 0 saturated carbocycles. The number of hydrogen-bond acceptors (Lipinski definition) is 4. The van der Waals surface area contributed by atoms with E-state index in [-0.39, 0.29) is 4.21 Å². The molecule has 4 nitrogen and oxygen atoms in total. The Morgan fingerprint density at radius 3 is 2.53 bits per heavy atom. The van der Waals surface area contributed by atoms with Gasteiger partial charge in [0, 0.05) is 6.54 Å². The summed E-state index contributed by atoms with van der Waals surface area (Å²) in [5, 5.41) is 8.68. The lowest BCUT2D eigenvalue weighted by Gasteiger charge is -2.04. The lowest BCUT2D eigenvalue weighted by atomic mass is 10.1. The van der Waals surface area contributed by atoms with E-state index >= 15 is 0 Å². The minimum absolute atomic E-state index is 0.218. The molecule has 0 aromatic carbocycles. The second-order valence-electron chi connectivity index (χ2n) is 4.40. The van der Waals surface area contributed by atoms with E-state index in [0.717, 1.165) is 30.6 Å². The Labute approximate surface area is 119 Å². The maximum atomic E-state index is 11.9. The van der Waals surface area contributed by atoms with Gasteiger partial charge in [0.15, 0.2) is 0 Å². The molecule has 1 N–H and O–H groups in total. The Morgan fingerprint density at radius 2 is 1.89 bits per heavy atom. The highest BCUT2D eigenvalue weighted by Gasteiger charge is 2.15. The fourth-order valence-corrected chi connectivity index (χ4v) is 3.93. The molecule has 0 atom stereocenters. The first-order valence-corrected chi connectivity index (χ1v) is 8.89. The molecule has 106 valence electrons. The van der Waals surface area contributed by atoms with Crippen LogP contribution in [0.5, 0.6) is 0 Å². The monoisotopic (exact) mass is 300 g/mol. The normalized spacial score (nSPS) is 11.4. The molecule has 0 fully saturated rings. The van der Waals surface area contributed by atoms with Crippen molar-refractivity contribution in [3.8, 4) is 6.07 Å². The highest BCUT2D eigenvalue weighted by atomic mass is 32.2. The Morgan fingerprint density at radius 1 is 1.21 bits per heavy atom. The van der Waals surface area contributed by atoms with Crippen molar-refractivity contribution in [3.63, 3.8) is 0 Å². The zero-order chi connectivity index (χ0) is 14.1. The molecule has 1 rings (SSSR count). The van der Waals surface area contributed by atoms with Gasteiger partial charge in [-0.05, 0) is 18.6 Å². The van der Waals surface area contributed by atoms with Crippen molar-refractivity contribution in [2.75, 3.05) is 6.54 Å². The maximum Gasteiger partial charge on any atom is 0.250 e. The molecule has 0 aliphatic carbocycles. The van der Waals surface area contributed by atoms with Crippen molar-refractivity contribution in [2.45, 2.75) is 49.7 Å². The number of unbranched alkanes of at least 4 members (excludes halogenated alkanes) is 5. The van der Waals surface area contributed by atoms with Gasteiger partial charge in [-0.15, -0.1) is 11.3 Å². The highest BCUT2D eigenvalue weighted by molar-refractivity contribution is 7.91. The first-order chi connectivity index (χ1) is 9.10. The van der Waals surface area contributed by atoms with Gasteiger partial charge in [0.05, 0.1) is 0 Å². The number of hydrogen-bond donors (Lipinski definition) is 1. The minimum atomic E-state index is -3.43. The van der Waals surface area contributed by atoms with Gasteiger partial charge in [-0.1, -0.05) is 39.0 Å². The van der Waals surface area contributed by atoms with E-state index < -0.39 is 10.0 Å². The minimum Gasteiger partial charge on any atom is -0.210 e. The van der Waals surface area contributed by atoms with E-state index in [9.17, 15) is 8.42 Å². The summed E-state index contributed by atoms with van der Waals surface area (Å²) in [4.78, 5) is 0.417. The van der Waals surface area contributed by atoms with Crippen LogP contribution in [0.25, 0.3) is 0 Å². The number of nitriles is 1. The summed E-state index contributed by atoms with van der Waals surface area (Å²) >= 11 is 1.00. The Balaban J connectivity index is 2.30. The molecule has 0 aliphatic rings. The fraction of sp³-hybridized carbons (Fsp3) is 0.615. The molecular weight excluding hydrogens is 280 g/mol. The number of nitrogens with zero attached hydrogens (tertiary/aromatic N) is 1. The van der Waals surface area contributed by atoms with Gasteiger partial charge in [0.1, 0.15) is 15.2 Å². The van der Waals surface area contributed by atoms with E-state index in [1.54, 1.807) is 0 Å². The quantitative estimate of drug-likeness (QED) is 0.712. The Bertz CT molecular complexity index is 515. The van der Waals surface area contributed by atoms with Crippen molar-refractivity contribution in [1.82, 2.24) is 4.72 Å². The van der Waals surface area contributed by atoms with Crippen LogP contribution in [0.1, 0.15) is 50.3 Å². The van der Waals surface area contributed by atoms with Gasteiger partial charge in [-0.2, -0.15) is 5.26 Å². The molecule has 0 amide bonds. The third-order valence-electron chi connectivity index (χ3n) is 2.78. The average molecular weight is 300 g/mol. The molecule has 1 aromatic heterocycles. The number of rotatable bonds is 9. The van der Waals surface area contributed by atoms with Crippen LogP contribution < -0.4 is 4.72 Å². The van der Waals surface area contributed by atoms with Gasteiger partial charge in [0.2, 0.25) is 10.0 Å². The van der Waals surface area contributed by atoms with Gasteiger partial charge >= 0.3 is 0 Å². The second kappa shape index (κ2) is 8.31. The molecule has 0 radical (unpaired) electrons.